The van der Waals surface area contributed by atoms with E-state index in [2.05, 4.69) is 10.0 Å². The Bertz CT molecular complexity index is 959. The largest absolute Gasteiger partial charge is 0.358 e. The smallest absolute Gasteiger partial charge is 0.261 e. The van der Waals surface area contributed by atoms with Crippen molar-refractivity contribution in [2.75, 3.05) is 25.4 Å². The third kappa shape index (κ3) is 5.04. The molecule has 2 aromatic carbocycles. The minimum atomic E-state index is -3.89. The summed E-state index contributed by atoms with van der Waals surface area (Å²) in [5.74, 6) is -1.16. The summed E-state index contributed by atoms with van der Waals surface area (Å²) in [5.41, 5.74) is 0.780. The van der Waals surface area contributed by atoms with Gasteiger partial charge in [0, 0.05) is 25.3 Å². The number of halogens is 1. The summed E-state index contributed by atoms with van der Waals surface area (Å²) in [5, 5.41) is 2.43. The van der Waals surface area contributed by atoms with Crippen molar-refractivity contribution in [1.29, 1.82) is 0 Å². The maximum atomic E-state index is 13.3. The standard InChI is InChI=1S/C18H20FN3O4S/c1-12-10-15(8-9-16(12)19)27(25,26)21-14-6-4-13(5-7-14)18(24)22(3)11-17(23)20-2/h4-10,21H,11H2,1-3H3,(H,20,23). The van der Waals surface area contributed by atoms with Crippen LogP contribution in [-0.2, 0) is 14.8 Å². The fourth-order valence-corrected chi connectivity index (χ4v) is 3.41. The molecule has 2 amide bonds. The Hall–Kier alpha value is -2.94. The van der Waals surface area contributed by atoms with Gasteiger partial charge in [-0.15, -0.1) is 0 Å². The summed E-state index contributed by atoms with van der Waals surface area (Å²) in [7, 11) is -0.919. The molecule has 0 atom stereocenters. The fraction of sp³-hybridized carbons (Fsp3) is 0.222. The molecule has 0 heterocycles. The van der Waals surface area contributed by atoms with E-state index in [1.807, 2.05) is 0 Å². The van der Waals surface area contributed by atoms with Gasteiger partial charge >= 0.3 is 0 Å². The van der Waals surface area contributed by atoms with Gasteiger partial charge in [-0.2, -0.15) is 0 Å². The lowest BCUT2D eigenvalue weighted by Gasteiger charge is -2.16. The van der Waals surface area contributed by atoms with Crippen molar-refractivity contribution >= 4 is 27.5 Å². The van der Waals surface area contributed by atoms with E-state index in [0.29, 0.717) is 5.56 Å². The second kappa shape index (κ2) is 8.17. The molecule has 0 aliphatic rings. The van der Waals surface area contributed by atoms with Crippen LogP contribution < -0.4 is 10.0 Å². The van der Waals surface area contributed by atoms with Gasteiger partial charge in [-0.25, -0.2) is 12.8 Å². The Morgan fingerprint density at radius 2 is 1.74 bits per heavy atom. The minimum absolute atomic E-state index is 0.0631. The lowest BCUT2D eigenvalue weighted by Crippen LogP contribution is -2.36. The third-order valence-electron chi connectivity index (χ3n) is 3.83. The van der Waals surface area contributed by atoms with Gasteiger partial charge in [0.25, 0.3) is 15.9 Å². The van der Waals surface area contributed by atoms with Crippen molar-refractivity contribution in [2.45, 2.75) is 11.8 Å². The third-order valence-corrected chi connectivity index (χ3v) is 5.21. The van der Waals surface area contributed by atoms with Crippen molar-refractivity contribution in [2.24, 2.45) is 0 Å². The second-order valence-corrected chi connectivity index (χ2v) is 7.61. The van der Waals surface area contributed by atoms with Crippen LogP contribution in [-0.4, -0.2) is 45.8 Å². The molecule has 0 spiro atoms. The number of anilines is 1. The first-order valence-electron chi connectivity index (χ1n) is 7.99. The topological polar surface area (TPSA) is 95.6 Å². The molecule has 0 radical (unpaired) electrons. The summed E-state index contributed by atoms with van der Waals surface area (Å²) in [6, 6.07) is 9.30. The predicted octanol–water partition coefficient (Wildman–Crippen LogP) is 1.75. The SMILES string of the molecule is CNC(=O)CN(C)C(=O)c1ccc(NS(=O)(=O)c2ccc(F)c(C)c2)cc1. The lowest BCUT2D eigenvalue weighted by molar-refractivity contribution is -0.121. The van der Waals surface area contributed by atoms with E-state index >= 15 is 0 Å². The number of hydrogen-bond donors (Lipinski definition) is 2. The first-order chi connectivity index (χ1) is 12.6. The van der Waals surface area contributed by atoms with E-state index in [1.54, 1.807) is 0 Å². The Kier molecular flexibility index (Phi) is 6.17. The van der Waals surface area contributed by atoms with Crippen molar-refractivity contribution < 1.29 is 22.4 Å². The Balaban J connectivity index is 2.14. The van der Waals surface area contributed by atoms with Gasteiger partial charge in [-0.05, 0) is 55.0 Å². The number of carbonyl (C=O) groups excluding carboxylic acids is 2. The minimum Gasteiger partial charge on any atom is -0.358 e. The number of aryl methyl sites for hydroxylation is 1. The van der Waals surface area contributed by atoms with Crippen LogP contribution in [0.4, 0.5) is 10.1 Å². The highest BCUT2D eigenvalue weighted by atomic mass is 32.2. The van der Waals surface area contributed by atoms with Gasteiger partial charge < -0.3 is 10.2 Å². The van der Waals surface area contributed by atoms with Gasteiger partial charge in [0.15, 0.2) is 0 Å². The average Bonchev–Trinajstić information content (AvgIpc) is 2.63. The zero-order valence-corrected chi connectivity index (χ0v) is 15.9. The van der Waals surface area contributed by atoms with E-state index < -0.39 is 15.8 Å². The second-order valence-electron chi connectivity index (χ2n) is 5.93. The zero-order chi connectivity index (χ0) is 20.2. The highest BCUT2D eigenvalue weighted by Crippen LogP contribution is 2.19. The summed E-state index contributed by atoms with van der Waals surface area (Å²) in [6.07, 6.45) is 0. The molecular weight excluding hydrogens is 373 g/mol. The number of carbonyl (C=O) groups is 2. The molecule has 2 aromatic rings. The molecule has 27 heavy (non-hydrogen) atoms. The molecule has 0 aliphatic heterocycles. The van der Waals surface area contributed by atoms with Crippen LogP contribution in [0.3, 0.4) is 0 Å². The number of sulfonamides is 1. The molecule has 144 valence electrons. The lowest BCUT2D eigenvalue weighted by atomic mass is 10.2. The van der Waals surface area contributed by atoms with E-state index in [4.69, 9.17) is 0 Å². The number of rotatable bonds is 6. The fourth-order valence-electron chi connectivity index (χ4n) is 2.27. The van der Waals surface area contributed by atoms with Crippen LogP contribution in [0.5, 0.6) is 0 Å². The first-order valence-corrected chi connectivity index (χ1v) is 9.47. The Morgan fingerprint density at radius 1 is 1.11 bits per heavy atom. The highest BCUT2D eigenvalue weighted by molar-refractivity contribution is 7.92. The molecule has 0 bridgehead atoms. The number of hydrogen-bond acceptors (Lipinski definition) is 4. The predicted molar refractivity (Wildman–Crippen MR) is 99.4 cm³/mol. The van der Waals surface area contributed by atoms with Gasteiger partial charge in [-0.1, -0.05) is 0 Å². The average molecular weight is 393 g/mol. The van der Waals surface area contributed by atoms with E-state index in [-0.39, 0.29) is 34.5 Å². The number of likely N-dealkylation sites (N-methyl/N-ethyl adjacent to an activating group) is 2. The molecule has 0 saturated heterocycles. The van der Waals surface area contributed by atoms with Crippen LogP contribution in [0.2, 0.25) is 0 Å². The summed E-state index contributed by atoms with van der Waals surface area (Å²) in [6.45, 7) is 1.39. The van der Waals surface area contributed by atoms with Crippen LogP contribution in [0.15, 0.2) is 47.4 Å². The van der Waals surface area contributed by atoms with Crippen LogP contribution >= 0.6 is 0 Å². The van der Waals surface area contributed by atoms with Crippen LogP contribution in [0.25, 0.3) is 0 Å². The molecule has 0 aliphatic carbocycles. The quantitative estimate of drug-likeness (QED) is 0.782. The molecule has 0 fully saturated rings. The van der Waals surface area contributed by atoms with Crippen molar-refractivity contribution in [3.05, 3.63) is 59.4 Å². The van der Waals surface area contributed by atoms with Crippen molar-refractivity contribution in [3.63, 3.8) is 0 Å². The summed E-state index contributed by atoms with van der Waals surface area (Å²) in [4.78, 5) is 24.8. The summed E-state index contributed by atoms with van der Waals surface area (Å²) >= 11 is 0. The number of benzene rings is 2. The number of amides is 2. The Morgan fingerprint density at radius 3 is 2.30 bits per heavy atom. The molecular formula is C18H20FN3O4S. The van der Waals surface area contributed by atoms with Gasteiger partial charge in [0.1, 0.15) is 5.82 Å². The molecule has 2 rings (SSSR count). The zero-order valence-electron chi connectivity index (χ0n) is 15.1. The van der Waals surface area contributed by atoms with Crippen molar-refractivity contribution in [3.8, 4) is 0 Å². The van der Waals surface area contributed by atoms with E-state index in [9.17, 15) is 22.4 Å². The molecule has 0 saturated carbocycles. The normalized spacial score (nSPS) is 11.0. The molecule has 2 N–H and O–H groups in total. The van der Waals surface area contributed by atoms with Gasteiger partial charge in [0.2, 0.25) is 5.91 Å². The number of nitrogens with one attached hydrogen (secondary N) is 2. The van der Waals surface area contributed by atoms with Crippen LogP contribution in [0.1, 0.15) is 15.9 Å². The van der Waals surface area contributed by atoms with Crippen molar-refractivity contribution in [1.82, 2.24) is 10.2 Å². The monoisotopic (exact) mass is 393 g/mol. The maximum Gasteiger partial charge on any atom is 0.261 e. The van der Waals surface area contributed by atoms with Gasteiger partial charge in [-0.3, -0.25) is 14.3 Å². The maximum absolute atomic E-state index is 13.3. The summed E-state index contributed by atoms with van der Waals surface area (Å²) < 4.78 is 40.5. The van der Waals surface area contributed by atoms with Crippen LogP contribution in [0, 0.1) is 12.7 Å². The molecule has 7 nitrogen and oxygen atoms in total. The highest BCUT2D eigenvalue weighted by Gasteiger charge is 2.17. The van der Waals surface area contributed by atoms with E-state index in [0.717, 1.165) is 6.07 Å². The first kappa shape index (κ1) is 20.4. The molecule has 0 unspecified atom stereocenters. The molecule has 9 heteroatoms. The van der Waals surface area contributed by atoms with E-state index in [1.165, 1.54) is 62.3 Å². The molecule has 0 aromatic heterocycles. The Labute approximate surface area is 157 Å². The van der Waals surface area contributed by atoms with Gasteiger partial charge in [0.05, 0.1) is 11.4 Å². The number of nitrogens with zero attached hydrogens (tertiary/aromatic N) is 1.